The van der Waals surface area contributed by atoms with Gasteiger partial charge in [0.15, 0.2) is 5.69 Å². The first-order valence-electron chi connectivity index (χ1n) is 7.34. The first-order chi connectivity index (χ1) is 10.8. The smallest absolute Gasteiger partial charge is 0.434 e. The molecule has 23 heavy (non-hydrogen) atoms. The Labute approximate surface area is 130 Å². The highest BCUT2D eigenvalue weighted by Crippen LogP contribution is 2.45. The van der Waals surface area contributed by atoms with E-state index in [1.54, 1.807) is 6.08 Å². The third-order valence-electron chi connectivity index (χ3n) is 4.59. The van der Waals surface area contributed by atoms with Crippen molar-refractivity contribution >= 4 is 12.2 Å². The van der Waals surface area contributed by atoms with Crippen molar-refractivity contribution in [2.75, 3.05) is 13.1 Å². The van der Waals surface area contributed by atoms with Gasteiger partial charge in [-0.3, -0.25) is 4.98 Å². The van der Waals surface area contributed by atoms with Crippen molar-refractivity contribution in [2.45, 2.75) is 31.9 Å². The van der Waals surface area contributed by atoms with Gasteiger partial charge in [-0.15, -0.1) is 0 Å². The van der Waals surface area contributed by atoms with Crippen molar-refractivity contribution in [3.8, 4) is 0 Å². The number of rotatable bonds is 1. The number of alkyl halides is 3. The summed E-state index contributed by atoms with van der Waals surface area (Å²) in [5, 5.41) is 8.89. The van der Waals surface area contributed by atoms with Crippen LogP contribution in [0.1, 0.15) is 37.1 Å². The lowest BCUT2D eigenvalue weighted by atomic mass is 9.67. The van der Waals surface area contributed by atoms with E-state index in [4.69, 9.17) is 5.11 Å². The van der Waals surface area contributed by atoms with Crippen LogP contribution in [0.25, 0.3) is 6.08 Å². The quantitative estimate of drug-likeness (QED) is 0.858. The Kier molecular flexibility index (Phi) is 3.77. The van der Waals surface area contributed by atoms with Gasteiger partial charge in [-0.05, 0) is 31.8 Å². The van der Waals surface area contributed by atoms with Crippen LogP contribution < -0.4 is 0 Å². The van der Waals surface area contributed by atoms with Gasteiger partial charge in [0, 0.05) is 18.5 Å². The second kappa shape index (κ2) is 5.50. The molecule has 0 bridgehead atoms. The fourth-order valence-corrected chi connectivity index (χ4v) is 3.23. The summed E-state index contributed by atoms with van der Waals surface area (Å²) in [7, 11) is 0. The highest BCUT2D eigenvalue weighted by Gasteiger charge is 2.46. The fraction of sp³-hybridized carbons (Fsp3) is 0.533. The maximum absolute atomic E-state index is 12.4. The van der Waals surface area contributed by atoms with Crippen molar-refractivity contribution in [2.24, 2.45) is 5.41 Å². The Morgan fingerprint density at radius 3 is 2.35 bits per heavy atom. The normalized spacial score (nSPS) is 20.3. The average Bonchev–Trinajstić information content (AvgIpc) is 2.45. The van der Waals surface area contributed by atoms with Crippen molar-refractivity contribution in [1.82, 2.24) is 14.9 Å². The average molecular weight is 327 g/mol. The number of likely N-dealkylation sites (tertiary alicyclic amines) is 1. The Hall–Kier alpha value is -2.12. The van der Waals surface area contributed by atoms with Gasteiger partial charge in [0.25, 0.3) is 0 Å². The van der Waals surface area contributed by atoms with E-state index in [9.17, 15) is 18.0 Å². The summed E-state index contributed by atoms with van der Waals surface area (Å²) < 4.78 is 37.3. The van der Waals surface area contributed by atoms with Crippen LogP contribution in [-0.4, -0.2) is 39.2 Å². The summed E-state index contributed by atoms with van der Waals surface area (Å²) in [5.74, 6) is 0. The molecule has 1 spiro atoms. The fourth-order valence-electron chi connectivity index (χ4n) is 3.23. The van der Waals surface area contributed by atoms with Crippen molar-refractivity contribution in [3.05, 3.63) is 29.4 Å². The van der Waals surface area contributed by atoms with E-state index in [-0.39, 0.29) is 5.41 Å². The van der Waals surface area contributed by atoms with Crippen LogP contribution in [0.5, 0.6) is 0 Å². The Balaban J connectivity index is 1.60. The molecule has 8 heteroatoms. The molecule has 124 valence electrons. The molecule has 1 aliphatic heterocycles. The van der Waals surface area contributed by atoms with Crippen LogP contribution in [0.2, 0.25) is 0 Å². The first-order valence-corrected chi connectivity index (χ1v) is 7.34. The second-order valence-corrected chi connectivity index (χ2v) is 6.27. The molecule has 5 nitrogen and oxygen atoms in total. The van der Waals surface area contributed by atoms with Crippen LogP contribution in [0, 0.1) is 5.41 Å². The molecule has 0 atom stereocenters. The molecule has 2 heterocycles. The summed E-state index contributed by atoms with van der Waals surface area (Å²) in [6, 6.07) is 0. The zero-order valence-electron chi connectivity index (χ0n) is 12.3. The molecule has 1 saturated carbocycles. The minimum absolute atomic E-state index is 0.0849. The molecule has 2 fully saturated rings. The molecular weight excluding hydrogens is 311 g/mol. The SMILES string of the molecule is O=C(O)N1CC2(CCC(=Cc3cnc(C(F)(F)F)cn3)CC2)C1. The molecule has 3 rings (SSSR count). The zero-order valence-corrected chi connectivity index (χ0v) is 12.3. The minimum atomic E-state index is -4.48. The zero-order chi connectivity index (χ0) is 16.7. The van der Waals surface area contributed by atoms with Gasteiger partial charge in [0.05, 0.1) is 18.1 Å². The number of carboxylic acid groups (broad SMARTS) is 1. The second-order valence-electron chi connectivity index (χ2n) is 6.27. The number of hydrogen-bond donors (Lipinski definition) is 1. The lowest BCUT2D eigenvalue weighted by Crippen LogP contribution is -2.58. The lowest BCUT2D eigenvalue weighted by Gasteiger charge is -2.51. The van der Waals surface area contributed by atoms with E-state index >= 15 is 0 Å². The highest BCUT2D eigenvalue weighted by atomic mass is 19.4. The van der Waals surface area contributed by atoms with E-state index in [1.807, 2.05) is 0 Å². The third kappa shape index (κ3) is 3.30. The van der Waals surface area contributed by atoms with Gasteiger partial charge in [0.1, 0.15) is 0 Å². The van der Waals surface area contributed by atoms with Crippen LogP contribution in [0.4, 0.5) is 18.0 Å². The Morgan fingerprint density at radius 2 is 1.87 bits per heavy atom. The standard InChI is InChI=1S/C15H16F3N3O2/c16-15(17,18)12-7-19-11(6-20-12)5-10-1-3-14(4-2-10)8-21(9-14)13(22)23/h5-7H,1-4,8-9H2,(H,22,23). The monoisotopic (exact) mass is 327 g/mol. The van der Waals surface area contributed by atoms with Crippen LogP contribution in [0.15, 0.2) is 18.0 Å². The number of allylic oxidation sites excluding steroid dienone is 1. The molecule has 0 unspecified atom stereocenters. The van der Waals surface area contributed by atoms with Crippen molar-refractivity contribution < 1.29 is 23.1 Å². The minimum Gasteiger partial charge on any atom is -0.465 e. The predicted octanol–water partition coefficient (Wildman–Crippen LogP) is 3.43. The lowest BCUT2D eigenvalue weighted by molar-refractivity contribution is -0.141. The molecular formula is C15H16F3N3O2. The maximum Gasteiger partial charge on any atom is 0.434 e. The van der Waals surface area contributed by atoms with E-state index in [0.29, 0.717) is 18.8 Å². The Morgan fingerprint density at radius 1 is 1.22 bits per heavy atom. The van der Waals surface area contributed by atoms with Crippen molar-refractivity contribution in [1.29, 1.82) is 0 Å². The van der Waals surface area contributed by atoms with Gasteiger partial charge in [-0.25, -0.2) is 9.78 Å². The number of amides is 1. The third-order valence-corrected chi connectivity index (χ3v) is 4.59. The van der Waals surface area contributed by atoms with E-state index in [2.05, 4.69) is 9.97 Å². The topological polar surface area (TPSA) is 66.3 Å². The summed E-state index contributed by atoms with van der Waals surface area (Å²) in [5.41, 5.74) is 0.635. The number of carbonyl (C=O) groups is 1. The van der Waals surface area contributed by atoms with Gasteiger partial charge < -0.3 is 10.0 Å². The largest absolute Gasteiger partial charge is 0.465 e. The molecule has 0 aromatic carbocycles. The molecule has 1 aromatic rings. The highest BCUT2D eigenvalue weighted by molar-refractivity contribution is 5.66. The summed E-state index contributed by atoms with van der Waals surface area (Å²) in [4.78, 5) is 19.4. The van der Waals surface area contributed by atoms with Crippen LogP contribution >= 0.6 is 0 Å². The molecule has 2 aliphatic rings. The van der Waals surface area contributed by atoms with E-state index in [1.165, 1.54) is 4.90 Å². The summed E-state index contributed by atoms with van der Waals surface area (Å²) in [6.45, 7) is 1.16. The summed E-state index contributed by atoms with van der Waals surface area (Å²) >= 11 is 0. The maximum atomic E-state index is 12.4. The van der Waals surface area contributed by atoms with E-state index in [0.717, 1.165) is 43.7 Å². The predicted molar refractivity (Wildman–Crippen MR) is 75.5 cm³/mol. The molecule has 0 radical (unpaired) electrons. The number of nitrogens with zero attached hydrogens (tertiary/aromatic N) is 3. The molecule has 1 aliphatic carbocycles. The summed E-state index contributed by atoms with van der Waals surface area (Å²) in [6.07, 6.45) is 1.74. The number of halogens is 3. The molecule has 1 aromatic heterocycles. The van der Waals surface area contributed by atoms with Gasteiger partial charge in [-0.2, -0.15) is 13.2 Å². The first kappa shape index (κ1) is 15.8. The van der Waals surface area contributed by atoms with Crippen molar-refractivity contribution in [3.63, 3.8) is 0 Å². The van der Waals surface area contributed by atoms with E-state index < -0.39 is 18.0 Å². The van der Waals surface area contributed by atoms with Crippen LogP contribution in [0.3, 0.4) is 0 Å². The molecule has 1 N–H and O–H groups in total. The molecule has 1 amide bonds. The van der Waals surface area contributed by atoms with Gasteiger partial charge >= 0.3 is 12.3 Å². The van der Waals surface area contributed by atoms with Gasteiger partial charge in [-0.1, -0.05) is 5.57 Å². The Bertz CT molecular complexity index is 622. The van der Waals surface area contributed by atoms with Crippen LogP contribution in [-0.2, 0) is 6.18 Å². The molecule has 1 saturated heterocycles. The van der Waals surface area contributed by atoms with Gasteiger partial charge in [0.2, 0.25) is 0 Å². The number of hydrogen-bond acceptors (Lipinski definition) is 3. The number of aromatic nitrogens is 2.